The van der Waals surface area contributed by atoms with E-state index < -0.39 is 6.09 Å². The van der Waals surface area contributed by atoms with E-state index in [9.17, 15) is 4.79 Å². The third-order valence-corrected chi connectivity index (χ3v) is 3.99. The number of nitrogens with zero attached hydrogens (tertiary/aromatic N) is 2. The second kappa shape index (κ2) is 5.50. The van der Waals surface area contributed by atoms with Gasteiger partial charge >= 0.3 is 6.09 Å². The lowest BCUT2D eigenvalue weighted by Crippen LogP contribution is -2.42. The summed E-state index contributed by atoms with van der Waals surface area (Å²) in [6, 6.07) is 0. The summed E-state index contributed by atoms with van der Waals surface area (Å²) < 4.78 is 5.32. The zero-order valence-electron chi connectivity index (χ0n) is 11.1. The number of primary amides is 1. The highest BCUT2D eigenvalue weighted by Gasteiger charge is 2.38. The van der Waals surface area contributed by atoms with Crippen LogP contribution in [0, 0.1) is 11.8 Å². The number of amides is 1. The fourth-order valence-electron chi connectivity index (χ4n) is 3.11. The summed E-state index contributed by atoms with van der Waals surface area (Å²) in [4.78, 5) is 11.1. The van der Waals surface area contributed by atoms with Crippen LogP contribution >= 0.6 is 0 Å². The predicted molar refractivity (Wildman–Crippen MR) is 70.7 cm³/mol. The van der Waals surface area contributed by atoms with E-state index in [1.165, 1.54) is 12.8 Å². The van der Waals surface area contributed by atoms with Crippen LogP contribution in [0.2, 0.25) is 0 Å². The maximum Gasteiger partial charge on any atom is 0.404 e. The molecule has 2 N–H and O–H groups in total. The molecule has 1 saturated carbocycles. The second-order valence-corrected chi connectivity index (χ2v) is 5.23. The lowest BCUT2D eigenvalue weighted by atomic mass is 9.75. The molecule has 100 valence electrons. The SMILES string of the molecule is CC1=NN=C(C)C2C(OC(N)=O)CCCCCC12. The van der Waals surface area contributed by atoms with Crippen molar-refractivity contribution in [3.05, 3.63) is 0 Å². The summed E-state index contributed by atoms with van der Waals surface area (Å²) in [7, 11) is 0. The summed E-state index contributed by atoms with van der Waals surface area (Å²) in [5, 5.41) is 8.41. The van der Waals surface area contributed by atoms with Crippen LogP contribution in [-0.2, 0) is 4.74 Å². The number of carbonyl (C=O) groups is 1. The van der Waals surface area contributed by atoms with Gasteiger partial charge in [0.1, 0.15) is 6.10 Å². The molecule has 0 radical (unpaired) electrons. The van der Waals surface area contributed by atoms with Gasteiger partial charge in [0.15, 0.2) is 0 Å². The Morgan fingerprint density at radius 1 is 1.17 bits per heavy atom. The molecule has 3 unspecified atom stereocenters. The number of hydrogen-bond donors (Lipinski definition) is 1. The molecule has 0 aromatic heterocycles. The molecule has 18 heavy (non-hydrogen) atoms. The van der Waals surface area contributed by atoms with E-state index in [-0.39, 0.29) is 12.0 Å². The first-order valence-corrected chi connectivity index (χ1v) is 6.64. The van der Waals surface area contributed by atoms with Gasteiger partial charge in [-0.25, -0.2) is 4.79 Å². The standard InChI is InChI=1S/C13H21N3O2/c1-8-10-6-4-3-5-7-11(18-13(14)17)12(10)9(2)16-15-8/h10-12H,3-7H2,1-2H3,(H2,14,17). The van der Waals surface area contributed by atoms with Crippen LogP contribution in [0.4, 0.5) is 4.79 Å². The normalized spacial score (nSPS) is 32.4. The van der Waals surface area contributed by atoms with Crippen molar-refractivity contribution in [3.8, 4) is 0 Å². The first-order chi connectivity index (χ1) is 8.59. The van der Waals surface area contributed by atoms with Gasteiger partial charge in [0.05, 0.1) is 0 Å². The molecule has 5 heteroatoms. The van der Waals surface area contributed by atoms with Crippen molar-refractivity contribution >= 4 is 17.5 Å². The number of hydrogen-bond acceptors (Lipinski definition) is 4. The molecule has 0 saturated heterocycles. The highest BCUT2D eigenvalue weighted by Crippen LogP contribution is 2.34. The molecule has 5 nitrogen and oxygen atoms in total. The lowest BCUT2D eigenvalue weighted by Gasteiger charge is -2.36. The molecule has 0 aromatic carbocycles. The minimum atomic E-state index is -0.688. The molecule has 3 atom stereocenters. The topological polar surface area (TPSA) is 77.0 Å². The van der Waals surface area contributed by atoms with Crippen LogP contribution in [0.25, 0.3) is 0 Å². The second-order valence-electron chi connectivity index (χ2n) is 5.23. The summed E-state index contributed by atoms with van der Waals surface area (Å²) in [5.41, 5.74) is 7.19. The Morgan fingerprint density at radius 2 is 1.83 bits per heavy atom. The Bertz CT molecular complexity index is 390. The Labute approximate surface area is 107 Å². The molecule has 1 aliphatic carbocycles. The highest BCUT2D eigenvalue weighted by molar-refractivity contribution is 5.96. The van der Waals surface area contributed by atoms with Gasteiger partial charge in [0.2, 0.25) is 0 Å². The average molecular weight is 251 g/mol. The van der Waals surface area contributed by atoms with Crippen molar-refractivity contribution in [2.75, 3.05) is 0 Å². The van der Waals surface area contributed by atoms with Gasteiger partial charge in [0.25, 0.3) is 0 Å². The number of ether oxygens (including phenoxy) is 1. The molecule has 1 fully saturated rings. The van der Waals surface area contributed by atoms with Crippen molar-refractivity contribution in [2.45, 2.75) is 52.1 Å². The predicted octanol–water partition coefficient (Wildman–Crippen LogP) is 2.50. The fraction of sp³-hybridized carbons (Fsp3) is 0.769. The molecule has 1 heterocycles. The molecule has 1 amide bonds. The van der Waals surface area contributed by atoms with E-state index >= 15 is 0 Å². The van der Waals surface area contributed by atoms with Crippen LogP contribution < -0.4 is 5.73 Å². The smallest absolute Gasteiger partial charge is 0.404 e. The van der Waals surface area contributed by atoms with E-state index in [1.54, 1.807) is 0 Å². The van der Waals surface area contributed by atoms with Crippen molar-refractivity contribution in [1.82, 2.24) is 0 Å². The zero-order valence-corrected chi connectivity index (χ0v) is 11.1. The molecule has 2 aliphatic rings. The average Bonchev–Trinajstić information content (AvgIpc) is 2.27. The van der Waals surface area contributed by atoms with Crippen LogP contribution in [-0.4, -0.2) is 23.6 Å². The highest BCUT2D eigenvalue weighted by atomic mass is 16.6. The third kappa shape index (κ3) is 2.71. The number of carbonyl (C=O) groups excluding carboxylic acids is 1. The van der Waals surface area contributed by atoms with E-state index in [2.05, 4.69) is 10.2 Å². The monoisotopic (exact) mass is 251 g/mol. The van der Waals surface area contributed by atoms with Crippen molar-refractivity contribution in [3.63, 3.8) is 0 Å². The van der Waals surface area contributed by atoms with Gasteiger partial charge in [-0.1, -0.05) is 12.8 Å². The molecule has 0 spiro atoms. The van der Waals surface area contributed by atoms with E-state index in [4.69, 9.17) is 10.5 Å². The van der Waals surface area contributed by atoms with Crippen LogP contribution in [0.15, 0.2) is 10.2 Å². The molecule has 0 bridgehead atoms. The van der Waals surface area contributed by atoms with Crippen LogP contribution in [0.5, 0.6) is 0 Å². The van der Waals surface area contributed by atoms with Gasteiger partial charge < -0.3 is 10.5 Å². The number of nitrogens with two attached hydrogens (primary N) is 1. The molecule has 2 rings (SSSR count). The lowest BCUT2D eigenvalue weighted by molar-refractivity contribution is 0.0641. The number of rotatable bonds is 1. The molecular formula is C13H21N3O2. The summed E-state index contributed by atoms with van der Waals surface area (Å²) in [6.07, 6.45) is 4.56. The van der Waals surface area contributed by atoms with E-state index in [0.717, 1.165) is 30.7 Å². The summed E-state index contributed by atoms with van der Waals surface area (Å²) in [5.74, 6) is 0.488. The summed E-state index contributed by atoms with van der Waals surface area (Å²) in [6.45, 7) is 3.98. The van der Waals surface area contributed by atoms with Crippen molar-refractivity contribution in [2.24, 2.45) is 27.8 Å². The minimum Gasteiger partial charge on any atom is -0.446 e. The molecule has 0 aromatic rings. The maximum atomic E-state index is 11.1. The van der Waals surface area contributed by atoms with Gasteiger partial charge in [-0.3, -0.25) is 0 Å². The van der Waals surface area contributed by atoms with Crippen molar-refractivity contribution in [1.29, 1.82) is 0 Å². The fourth-order valence-corrected chi connectivity index (χ4v) is 3.11. The largest absolute Gasteiger partial charge is 0.446 e. The number of fused-ring (bicyclic) bond motifs is 1. The van der Waals surface area contributed by atoms with Crippen LogP contribution in [0.3, 0.4) is 0 Å². The Kier molecular flexibility index (Phi) is 3.99. The molecule has 1 aliphatic heterocycles. The summed E-state index contributed by atoms with van der Waals surface area (Å²) >= 11 is 0. The van der Waals surface area contributed by atoms with Crippen LogP contribution in [0.1, 0.15) is 46.0 Å². The van der Waals surface area contributed by atoms with E-state index in [1.807, 2.05) is 13.8 Å². The van der Waals surface area contributed by atoms with Gasteiger partial charge in [-0.2, -0.15) is 10.2 Å². The zero-order chi connectivity index (χ0) is 13.1. The van der Waals surface area contributed by atoms with Gasteiger partial charge in [-0.05, 0) is 33.1 Å². The van der Waals surface area contributed by atoms with Gasteiger partial charge in [-0.15, -0.1) is 0 Å². The Balaban J connectivity index is 2.25. The molecular weight excluding hydrogens is 230 g/mol. The third-order valence-electron chi connectivity index (χ3n) is 3.99. The first-order valence-electron chi connectivity index (χ1n) is 6.64. The van der Waals surface area contributed by atoms with Crippen molar-refractivity contribution < 1.29 is 9.53 Å². The Morgan fingerprint density at radius 3 is 2.56 bits per heavy atom. The Hall–Kier alpha value is -1.39. The minimum absolute atomic E-state index is 0.148. The van der Waals surface area contributed by atoms with E-state index in [0.29, 0.717) is 5.92 Å². The quantitative estimate of drug-likeness (QED) is 0.777. The van der Waals surface area contributed by atoms with Gasteiger partial charge in [0, 0.05) is 23.3 Å². The first kappa shape index (κ1) is 13.1. The maximum absolute atomic E-state index is 11.1.